The molecule has 4 nitrogen and oxygen atoms in total. The van der Waals surface area contributed by atoms with E-state index in [0.717, 1.165) is 31.8 Å². The molecule has 0 atom stereocenters. The van der Waals surface area contributed by atoms with Gasteiger partial charge in [0.2, 0.25) is 5.91 Å². The molecule has 0 aromatic carbocycles. The van der Waals surface area contributed by atoms with Crippen LogP contribution in [0.1, 0.15) is 80.1 Å². The van der Waals surface area contributed by atoms with Crippen molar-refractivity contribution in [3.63, 3.8) is 0 Å². The fourth-order valence-electron chi connectivity index (χ4n) is 5.30. The number of nitrogens with zero attached hydrogens (tertiary/aromatic N) is 2. The minimum absolute atomic E-state index is 0.228. The molecular formula is C23H43N3O. The maximum Gasteiger partial charge on any atom is 0.225 e. The van der Waals surface area contributed by atoms with Gasteiger partial charge >= 0.3 is 0 Å². The molecular weight excluding hydrogens is 334 g/mol. The van der Waals surface area contributed by atoms with Crippen LogP contribution in [0.15, 0.2) is 0 Å². The lowest BCUT2D eigenvalue weighted by atomic mass is 9.71. The van der Waals surface area contributed by atoms with Gasteiger partial charge in [-0.1, -0.05) is 20.8 Å². The van der Waals surface area contributed by atoms with Gasteiger partial charge in [0.15, 0.2) is 0 Å². The van der Waals surface area contributed by atoms with Crippen LogP contribution < -0.4 is 5.32 Å². The Kier molecular flexibility index (Phi) is 6.27. The second-order valence-electron chi connectivity index (χ2n) is 11.5. The quantitative estimate of drug-likeness (QED) is 0.810. The highest BCUT2D eigenvalue weighted by molar-refractivity contribution is 5.80. The second-order valence-corrected chi connectivity index (χ2v) is 11.5. The summed E-state index contributed by atoms with van der Waals surface area (Å²) in [6.45, 7) is 18.3. The van der Waals surface area contributed by atoms with Crippen LogP contribution >= 0.6 is 0 Å². The second kappa shape index (κ2) is 8.02. The van der Waals surface area contributed by atoms with Crippen molar-refractivity contribution in [1.29, 1.82) is 0 Å². The molecule has 2 heterocycles. The first kappa shape index (κ1) is 21.1. The van der Waals surface area contributed by atoms with E-state index in [0.29, 0.717) is 23.4 Å². The number of likely N-dealkylation sites (tertiary alicyclic amines) is 2. The third kappa shape index (κ3) is 5.26. The number of piperidine rings is 1. The largest absolute Gasteiger partial charge is 0.353 e. The van der Waals surface area contributed by atoms with E-state index in [1.54, 1.807) is 0 Å². The highest BCUT2D eigenvalue weighted by Crippen LogP contribution is 2.38. The first-order valence-corrected chi connectivity index (χ1v) is 11.3. The summed E-state index contributed by atoms with van der Waals surface area (Å²) in [7, 11) is 0. The summed E-state index contributed by atoms with van der Waals surface area (Å²) in [5, 5.41) is 3.37. The number of rotatable bonds is 3. The molecule has 0 bridgehead atoms. The Labute approximate surface area is 167 Å². The number of carbonyl (C=O) groups is 1. The van der Waals surface area contributed by atoms with E-state index in [1.165, 1.54) is 38.8 Å². The van der Waals surface area contributed by atoms with Gasteiger partial charge in [-0.05, 0) is 70.6 Å². The summed E-state index contributed by atoms with van der Waals surface area (Å²) < 4.78 is 0. The van der Waals surface area contributed by atoms with Crippen molar-refractivity contribution in [2.45, 2.75) is 97.7 Å². The molecule has 4 heteroatoms. The topological polar surface area (TPSA) is 35.6 Å². The number of amides is 1. The summed E-state index contributed by atoms with van der Waals surface area (Å²) >= 11 is 0. The maximum atomic E-state index is 12.6. The molecule has 0 radical (unpaired) electrons. The van der Waals surface area contributed by atoms with Crippen molar-refractivity contribution in [3.8, 4) is 0 Å². The minimum atomic E-state index is 0.228. The molecule has 156 valence electrons. The van der Waals surface area contributed by atoms with Gasteiger partial charge in [-0.2, -0.15) is 0 Å². The predicted octanol–water partition coefficient (Wildman–Crippen LogP) is 3.90. The van der Waals surface area contributed by atoms with Gasteiger partial charge in [0.25, 0.3) is 0 Å². The van der Waals surface area contributed by atoms with Crippen LogP contribution in [0.4, 0.5) is 0 Å². The molecule has 1 N–H and O–H groups in total. The Bertz CT molecular complexity index is 497. The number of hydrogen-bond donors (Lipinski definition) is 1. The minimum Gasteiger partial charge on any atom is -0.353 e. The number of nitrogens with one attached hydrogen (secondary N) is 1. The van der Waals surface area contributed by atoms with E-state index in [4.69, 9.17) is 0 Å². The summed E-state index contributed by atoms with van der Waals surface area (Å²) in [5.41, 5.74) is 0.695. The van der Waals surface area contributed by atoms with Crippen molar-refractivity contribution in [3.05, 3.63) is 0 Å². The normalized spacial score (nSPS) is 30.1. The third-order valence-corrected chi connectivity index (χ3v) is 7.51. The summed E-state index contributed by atoms with van der Waals surface area (Å²) in [6, 6.07) is 1.11. The van der Waals surface area contributed by atoms with Gasteiger partial charge in [-0.3, -0.25) is 14.6 Å². The van der Waals surface area contributed by atoms with Gasteiger partial charge in [-0.15, -0.1) is 0 Å². The van der Waals surface area contributed by atoms with Crippen molar-refractivity contribution in [2.24, 2.45) is 17.3 Å². The average molecular weight is 378 g/mol. The first-order valence-electron chi connectivity index (χ1n) is 11.3. The van der Waals surface area contributed by atoms with Crippen molar-refractivity contribution in [1.82, 2.24) is 15.1 Å². The molecule has 0 aromatic heterocycles. The third-order valence-electron chi connectivity index (χ3n) is 7.51. The molecule has 0 aromatic rings. The summed E-state index contributed by atoms with van der Waals surface area (Å²) in [6.07, 6.45) is 7.35. The van der Waals surface area contributed by atoms with Crippen LogP contribution in [0.25, 0.3) is 0 Å². The van der Waals surface area contributed by atoms with Crippen LogP contribution in [0.5, 0.6) is 0 Å². The van der Waals surface area contributed by atoms with E-state index in [-0.39, 0.29) is 11.5 Å². The Morgan fingerprint density at radius 1 is 0.852 bits per heavy atom. The van der Waals surface area contributed by atoms with Crippen LogP contribution in [0.2, 0.25) is 0 Å². The fraction of sp³-hybridized carbons (Fsp3) is 0.957. The lowest BCUT2D eigenvalue weighted by Crippen LogP contribution is -2.60. The highest BCUT2D eigenvalue weighted by atomic mass is 16.2. The van der Waals surface area contributed by atoms with Crippen molar-refractivity contribution >= 4 is 5.91 Å². The van der Waals surface area contributed by atoms with Gasteiger partial charge in [0, 0.05) is 43.8 Å². The maximum absolute atomic E-state index is 12.6. The number of carbonyl (C=O) groups excluding carboxylic acids is 1. The van der Waals surface area contributed by atoms with Gasteiger partial charge in [-0.25, -0.2) is 0 Å². The first-order chi connectivity index (χ1) is 12.5. The van der Waals surface area contributed by atoms with Gasteiger partial charge in [0.1, 0.15) is 0 Å². The van der Waals surface area contributed by atoms with E-state index < -0.39 is 0 Å². The molecule has 27 heavy (non-hydrogen) atoms. The molecule has 2 saturated heterocycles. The van der Waals surface area contributed by atoms with Crippen LogP contribution in [0, 0.1) is 17.3 Å². The van der Waals surface area contributed by atoms with Crippen molar-refractivity contribution in [2.75, 3.05) is 26.2 Å². The number of hydrogen-bond acceptors (Lipinski definition) is 3. The zero-order valence-electron chi connectivity index (χ0n) is 18.7. The zero-order valence-corrected chi connectivity index (χ0v) is 18.7. The molecule has 3 rings (SSSR count). The molecule has 2 aliphatic heterocycles. The lowest BCUT2D eigenvalue weighted by molar-refractivity contribution is -0.133. The standard InChI is InChI=1S/C23H43N3O/c1-22(2,3)18-7-9-19(10-8-18)24-21(27)17-15-25(16-17)20-11-13-26(14-12-20)23(4,5)6/h17-20H,7-16H2,1-6H3,(H,24,27). The monoisotopic (exact) mass is 377 g/mol. The molecule has 1 saturated carbocycles. The van der Waals surface area contributed by atoms with Crippen LogP contribution in [-0.4, -0.2) is 59.5 Å². The Morgan fingerprint density at radius 2 is 1.41 bits per heavy atom. The zero-order chi connectivity index (χ0) is 19.8. The summed E-state index contributed by atoms with van der Waals surface area (Å²) in [5.74, 6) is 1.35. The van der Waals surface area contributed by atoms with E-state index >= 15 is 0 Å². The highest BCUT2D eigenvalue weighted by Gasteiger charge is 2.39. The Hall–Kier alpha value is -0.610. The Balaban J connectivity index is 1.35. The smallest absolute Gasteiger partial charge is 0.225 e. The van der Waals surface area contributed by atoms with Crippen molar-refractivity contribution < 1.29 is 4.79 Å². The molecule has 3 fully saturated rings. The molecule has 0 spiro atoms. The molecule has 3 aliphatic rings. The molecule has 1 amide bonds. The SMILES string of the molecule is CC(C)(C)C1CCC(NC(=O)C2CN(C3CCN(C(C)(C)C)CC3)C2)CC1. The van der Waals surface area contributed by atoms with E-state index in [2.05, 4.69) is 56.7 Å². The average Bonchev–Trinajstić information content (AvgIpc) is 2.53. The lowest BCUT2D eigenvalue weighted by Gasteiger charge is -2.49. The van der Waals surface area contributed by atoms with E-state index in [9.17, 15) is 4.79 Å². The Morgan fingerprint density at radius 3 is 1.89 bits per heavy atom. The summed E-state index contributed by atoms with van der Waals surface area (Å²) in [4.78, 5) is 17.8. The van der Waals surface area contributed by atoms with Gasteiger partial charge < -0.3 is 5.32 Å². The van der Waals surface area contributed by atoms with Crippen LogP contribution in [-0.2, 0) is 4.79 Å². The fourth-order valence-corrected chi connectivity index (χ4v) is 5.30. The predicted molar refractivity (Wildman–Crippen MR) is 113 cm³/mol. The molecule has 0 unspecified atom stereocenters. The van der Waals surface area contributed by atoms with E-state index in [1.807, 2.05) is 0 Å². The van der Waals surface area contributed by atoms with Crippen LogP contribution in [0.3, 0.4) is 0 Å². The molecule has 1 aliphatic carbocycles. The van der Waals surface area contributed by atoms with Gasteiger partial charge in [0.05, 0.1) is 5.92 Å².